The summed E-state index contributed by atoms with van der Waals surface area (Å²) in [6.07, 6.45) is 9.41. The molecular weight excluding hydrogens is 270 g/mol. The molecule has 3 heterocycles. The van der Waals surface area contributed by atoms with E-state index in [4.69, 9.17) is 9.72 Å². The van der Waals surface area contributed by atoms with Gasteiger partial charge in [0.25, 0.3) is 0 Å². The number of ether oxygens (including phenoxy) is 1. The summed E-state index contributed by atoms with van der Waals surface area (Å²) in [5.74, 6) is 0. The van der Waals surface area contributed by atoms with Crippen LogP contribution < -0.4 is 5.32 Å². The molecule has 1 N–H and O–H groups in total. The SMILES string of the molecule is CC1OCCC1(CNC1CC1)Cc1cn2ccsc2n1. The molecule has 0 spiro atoms. The molecule has 4 nitrogen and oxygen atoms in total. The Bertz CT molecular complexity index is 575. The molecular formula is C15H21N3OS. The van der Waals surface area contributed by atoms with E-state index < -0.39 is 0 Å². The molecule has 2 aromatic rings. The van der Waals surface area contributed by atoms with Crippen LogP contribution in [0.15, 0.2) is 17.8 Å². The van der Waals surface area contributed by atoms with Crippen molar-refractivity contribution in [3.8, 4) is 0 Å². The van der Waals surface area contributed by atoms with E-state index in [1.165, 1.54) is 18.5 Å². The number of rotatable bonds is 5. The third kappa shape index (κ3) is 2.28. The van der Waals surface area contributed by atoms with E-state index >= 15 is 0 Å². The third-order valence-corrected chi connectivity index (χ3v) is 5.60. The van der Waals surface area contributed by atoms with Crippen molar-refractivity contribution in [2.45, 2.75) is 44.8 Å². The molecule has 2 unspecified atom stereocenters. The van der Waals surface area contributed by atoms with Crippen molar-refractivity contribution < 1.29 is 4.74 Å². The highest BCUT2D eigenvalue weighted by Gasteiger charge is 2.42. The predicted octanol–water partition coefficient (Wildman–Crippen LogP) is 2.49. The molecule has 1 aliphatic carbocycles. The first-order valence-corrected chi connectivity index (χ1v) is 8.39. The second-order valence-corrected chi connectivity index (χ2v) is 7.16. The maximum atomic E-state index is 5.88. The molecule has 1 saturated carbocycles. The van der Waals surface area contributed by atoms with Gasteiger partial charge in [-0.1, -0.05) is 0 Å². The van der Waals surface area contributed by atoms with Crippen molar-refractivity contribution in [2.24, 2.45) is 5.41 Å². The molecule has 0 radical (unpaired) electrons. The van der Waals surface area contributed by atoms with Gasteiger partial charge in [0.15, 0.2) is 4.96 Å². The number of nitrogens with zero attached hydrogens (tertiary/aromatic N) is 2. The molecule has 2 aromatic heterocycles. The van der Waals surface area contributed by atoms with E-state index in [0.29, 0.717) is 6.10 Å². The Kier molecular flexibility index (Phi) is 3.09. The summed E-state index contributed by atoms with van der Waals surface area (Å²) in [4.78, 5) is 5.85. The highest BCUT2D eigenvalue weighted by molar-refractivity contribution is 7.15. The second-order valence-electron chi connectivity index (χ2n) is 6.28. The van der Waals surface area contributed by atoms with E-state index in [2.05, 4.69) is 34.4 Å². The summed E-state index contributed by atoms with van der Waals surface area (Å²) in [5.41, 5.74) is 1.42. The molecule has 1 aliphatic heterocycles. The summed E-state index contributed by atoms with van der Waals surface area (Å²) >= 11 is 1.70. The molecule has 4 rings (SSSR count). The van der Waals surface area contributed by atoms with Crippen molar-refractivity contribution in [3.05, 3.63) is 23.5 Å². The monoisotopic (exact) mass is 291 g/mol. The van der Waals surface area contributed by atoms with Crippen molar-refractivity contribution in [3.63, 3.8) is 0 Å². The summed E-state index contributed by atoms with van der Waals surface area (Å²) in [6.45, 7) is 4.17. The average Bonchev–Trinajstić information content (AvgIpc) is 2.87. The Balaban J connectivity index is 1.55. The molecule has 2 aliphatic rings. The second kappa shape index (κ2) is 4.83. The highest BCUT2D eigenvalue weighted by atomic mass is 32.1. The Morgan fingerprint density at radius 3 is 3.15 bits per heavy atom. The van der Waals surface area contributed by atoms with Gasteiger partial charge in [0, 0.05) is 48.8 Å². The molecule has 0 amide bonds. The summed E-state index contributed by atoms with van der Waals surface area (Å²) < 4.78 is 8.00. The number of hydrogen-bond acceptors (Lipinski definition) is 4. The van der Waals surface area contributed by atoms with Crippen LogP contribution >= 0.6 is 11.3 Å². The number of nitrogens with one attached hydrogen (secondary N) is 1. The number of hydrogen-bond donors (Lipinski definition) is 1. The predicted molar refractivity (Wildman–Crippen MR) is 80.3 cm³/mol. The Labute approximate surface area is 123 Å². The quantitative estimate of drug-likeness (QED) is 0.920. The van der Waals surface area contributed by atoms with Gasteiger partial charge in [-0.15, -0.1) is 11.3 Å². The van der Waals surface area contributed by atoms with Gasteiger partial charge in [-0.2, -0.15) is 0 Å². The van der Waals surface area contributed by atoms with E-state index in [1.54, 1.807) is 11.3 Å². The minimum atomic E-state index is 0.215. The largest absolute Gasteiger partial charge is 0.378 e. The van der Waals surface area contributed by atoms with Crippen molar-refractivity contribution in [1.29, 1.82) is 0 Å². The van der Waals surface area contributed by atoms with Crippen LogP contribution in [0.5, 0.6) is 0 Å². The van der Waals surface area contributed by atoms with Gasteiger partial charge in [0.2, 0.25) is 0 Å². The smallest absolute Gasteiger partial charge is 0.193 e. The number of aromatic nitrogens is 2. The maximum absolute atomic E-state index is 5.88. The van der Waals surface area contributed by atoms with Crippen LogP contribution in [0.4, 0.5) is 0 Å². The van der Waals surface area contributed by atoms with Crippen LogP contribution in [-0.4, -0.2) is 34.7 Å². The van der Waals surface area contributed by atoms with Gasteiger partial charge >= 0.3 is 0 Å². The third-order valence-electron chi connectivity index (χ3n) is 4.83. The van der Waals surface area contributed by atoms with Gasteiger partial charge in [0.1, 0.15) is 0 Å². The van der Waals surface area contributed by atoms with Gasteiger partial charge < -0.3 is 10.1 Å². The lowest BCUT2D eigenvalue weighted by atomic mass is 9.77. The number of imidazole rings is 1. The topological polar surface area (TPSA) is 38.6 Å². The molecule has 2 atom stereocenters. The van der Waals surface area contributed by atoms with Crippen LogP contribution in [0.2, 0.25) is 0 Å². The zero-order chi connectivity index (χ0) is 13.6. The molecule has 0 aromatic carbocycles. The van der Waals surface area contributed by atoms with Crippen LogP contribution in [0.25, 0.3) is 4.96 Å². The Morgan fingerprint density at radius 1 is 1.55 bits per heavy atom. The van der Waals surface area contributed by atoms with E-state index in [0.717, 1.165) is 37.0 Å². The van der Waals surface area contributed by atoms with Crippen LogP contribution in [0, 0.1) is 5.41 Å². The lowest BCUT2D eigenvalue weighted by molar-refractivity contribution is 0.0624. The molecule has 20 heavy (non-hydrogen) atoms. The molecule has 5 heteroatoms. The standard InChI is InChI=1S/C15H21N3OS/c1-11-15(4-6-19-11,10-16-12-2-3-12)8-13-9-18-5-7-20-14(18)17-13/h5,7,9,11-12,16H,2-4,6,8,10H2,1H3. The van der Waals surface area contributed by atoms with Gasteiger partial charge in [-0.3, -0.25) is 4.40 Å². The molecule has 0 bridgehead atoms. The van der Waals surface area contributed by atoms with Crippen LogP contribution in [0.3, 0.4) is 0 Å². The summed E-state index contributed by atoms with van der Waals surface area (Å²) in [6, 6.07) is 0.755. The van der Waals surface area contributed by atoms with E-state index in [9.17, 15) is 0 Å². The minimum Gasteiger partial charge on any atom is -0.378 e. The number of thiazole rings is 1. The molecule has 1 saturated heterocycles. The van der Waals surface area contributed by atoms with Crippen LogP contribution in [0.1, 0.15) is 31.9 Å². The first kappa shape index (κ1) is 12.8. The normalized spacial score (nSPS) is 30.4. The minimum absolute atomic E-state index is 0.215. The first-order chi connectivity index (χ1) is 9.75. The zero-order valence-electron chi connectivity index (χ0n) is 11.8. The maximum Gasteiger partial charge on any atom is 0.193 e. The fraction of sp³-hybridized carbons (Fsp3) is 0.667. The van der Waals surface area contributed by atoms with Crippen molar-refractivity contribution >= 4 is 16.3 Å². The van der Waals surface area contributed by atoms with Crippen molar-refractivity contribution in [2.75, 3.05) is 13.2 Å². The fourth-order valence-corrected chi connectivity index (χ4v) is 3.92. The van der Waals surface area contributed by atoms with Crippen LogP contribution in [-0.2, 0) is 11.2 Å². The average molecular weight is 291 g/mol. The fourth-order valence-electron chi connectivity index (χ4n) is 3.20. The van der Waals surface area contributed by atoms with Gasteiger partial charge in [-0.05, 0) is 26.2 Å². The zero-order valence-corrected chi connectivity index (χ0v) is 12.7. The van der Waals surface area contributed by atoms with E-state index in [1.807, 2.05) is 0 Å². The number of fused-ring (bicyclic) bond motifs is 1. The molecule has 108 valence electrons. The van der Waals surface area contributed by atoms with E-state index in [-0.39, 0.29) is 5.41 Å². The Hall–Kier alpha value is -0.910. The Morgan fingerprint density at radius 2 is 2.45 bits per heavy atom. The summed E-state index contributed by atoms with van der Waals surface area (Å²) in [7, 11) is 0. The van der Waals surface area contributed by atoms with Crippen molar-refractivity contribution in [1.82, 2.24) is 14.7 Å². The molecule has 2 fully saturated rings. The lowest BCUT2D eigenvalue weighted by Crippen LogP contribution is -2.42. The van der Waals surface area contributed by atoms with Gasteiger partial charge in [-0.25, -0.2) is 4.98 Å². The first-order valence-electron chi connectivity index (χ1n) is 7.51. The highest BCUT2D eigenvalue weighted by Crippen LogP contribution is 2.38. The lowest BCUT2D eigenvalue weighted by Gasteiger charge is -2.32. The summed E-state index contributed by atoms with van der Waals surface area (Å²) in [5, 5.41) is 5.79. The van der Waals surface area contributed by atoms with Gasteiger partial charge in [0.05, 0.1) is 11.8 Å².